The first-order valence-electron chi connectivity index (χ1n) is 13.9. The first-order valence-corrected chi connectivity index (χ1v) is 13.9. The van der Waals surface area contributed by atoms with Crippen LogP contribution in [0.4, 0.5) is 0 Å². The Morgan fingerprint density at radius 2 is 1.46 bits per heavy atom. The van der Waals surface area contributed by atoms with Crippen molar-refractivity contribution in [2.45, 2.75) is 12.5 Å². The van der Waals surface area contributed by atoms with Gasteiger partial charge in [0.15, 0.2) is 5.65 Å². The van der Waals surface area contributed by atoms with E-state index in [0.29, 0.717) is 11.6 Å². The Kier molecular flexibility index (Phi) is 4.63. The molecule has 0 aliphatic heterocycles. The Morgan fingerprint density at radius 1 is 0.659 bits per heavy atom. The van der Waals surface area contributed by atoms with E-state index in [0.717, 1.165) is 28.7 Å². The predicted octanol–water partition coefficient (Wildman–Crippen LogP) is 8.08. The molecule has 0 amide bonds. The molecule has 0 N–H and O–H groups in total. The van der Waals surface area contributed by atoms with Gasteiger partial charge in [-0.05, 0) is 36.8 Å². The third-order valence-electron chi connectivity index (χ3n) is 8.32. The molecule has 194 valence electrons. The summed E-state index contributed by atoms with van der Waals surface area (Å²) in [6.45, 7) is 0. The molecule has 8 aromatic rings. The molecule has 0 bridgehead atoms. The van der Waals surface area contributed by atoms with E-state index >= 15 is 0 Å². The van der Waals surface area contributed by atoms with E-state index in [2.05, 4.69) is 111 Å². The highest BCUT2D eigenvalue weighted by molar-refractivity contribution is 6.25. The highest BCUT2D eigenvalue weighted by atomic mass is 15.2. The van der Waals surface area contributed by atoms with Gasteiger partial charge in [-0.1, -0.05) is 85.0 Å². The van der Waals surface area contributed by atoms with Gasteiger partial charge in [-0.3, -0.25) is 9.13 Å². The number of hydrogen-bond donors (Lipinski definition) is 0. The van der Waals surface area contributed by atoms with Gasteiger partial charge in [-0.2, -0.15) is 4.98 Å². The molecule has 1 unspecified atom stereocenters. The lowest BCUT2D eigenvalue weighted by Gasteiger charge is -2.18. The molecule has 6 heteroatoms. The molecule has 1 aliphatic carbocycles. The number of allylic oxidation sites excluding steroid dienone is 4. The van der Waals surface area contributed by atoms with Crippen LogP contribution in [-0.4, -0.2) is 28.7 Å². The smallest absolute Gasteiger partial charge is 0.236 e. The normalized spacial score (nSPS) is 15.3. The van der Waals surface area contributed by atoms with E-state index in [4.69, 9.17) is 9.97 Å². The maximum absolute atomic E-state index is 5.04. The molecule has 0 saturated carbocycles. The summed E-state index contributed by atoms with van der Waals surface area (Å²) in [6, 6.07) is 32.3. The van der Waals surface area contributed by atoms with Crippen molar-refractivity contribution in [3.63, 3.8) is 0 Å². The van der Waals surface area contributed by atoms with Gasteiger partial charge >= 0.3 is 0 Å². The average molecular weight is 529 g/mol. The number of para-hydroxylation sites is 3. The number of nitrogens with zero attached hydrogens (tertiary/aromatic N) is 6. The van der Waals surface area contributed by atoms with E-state index in [1.54, 1.807) is 0 Å². The third kappa shape index (κ3) is 3.16. The first kappa shape index (κ1) is 22.3. The molecule has 9 rings (SSSR count). The Hall–Kier alpha value is -5.49. The molecule has 4 aromatic carbocycles. The van der Waals surface area contributed by atoms with Crippen molar-refractivity contribution < 1.29 is 0 Å². The maximum atomic E-state index is 5.04. The van der Waals surface area contributed by atoms with Gasteiger partial charge in [0, 0.05) is 32.7 Å². The quantitative estimate of drug-likeness (QED) is 0.233. The van der Waals surface area contributed by atoms with Gasteiger partial charge in [0.05, 0.1) is 28.8 Å². The van der Waals surface area contributed by atoms with E-state index in [1.807, 2.05) is 35.3 Å². The number of aromatic nitrogens is 6. The zero-order valence-electron chi connectivity index (χ0n) is 22.1. The van der Waals surface area contributed by atoms with Crippen LogP contribution in [0.15, 0.2) is 128 Å². The third-order valence-corrected chi connectivity index (χ3v) is 8.32. The summed E-state index contributed by atoms with van der Waals surface area (Å²) in [5, 5.41) is 4.82. The van der Waals surface area contributed by atoms with Crippen molar-refractivity contribution in [1.82, 2.24) is 28.7 Å². The average Bonchev–Trinajstić information content (AvgIpc) is 3.71. The van der Waals surface area contributed by atoms with Gasteiger partial charge in [0.2, 0.25) is 5.95 Å². The largest absolute Gasteiger partial charge is 0.333 e. The Balaban J connectivity index is 1.38. The van der Waals surface area contributed by atoms with Crippen molar-refractivity contribution in [2.24, 2.45) is 0 Å². The van der Waals surface area contributed by atoms with Crippen LogP contribution in [0.1, 0.15) is 12.5 Å². The van der Waals surface area contributed by atoms with E-state index < -0.39 is 0 Å². The Morgan fingerprint density at radius 3 is 2.32 bits per heavy atom. The molecular weight excluding hydrogens is 504 g/mol. The topological polar surface area (TPSA) is 53.5 Å². The fraction of sp³-hybridized carbons (Fsp3) is 0.0571. The van der Waals surface area contributed by atoms with Gasteiger partial charge in [-0.25, -0.2) is 9.97 Å². The Labute approximate surface area is 235 Å². The van der Waals surface area contributed by atoms with Crippen LogP contribution < -0.4 is 0 Å². The second-order valence-electron chi connectivity index (χ2n) is 10.5. The van der Waals surface area contributed by atoms with Crippen LogP contribution in [0.25, 0.3) is 66.4 Å². The second-order valence-corrected chi connectivity index (χ2v) is 10.5. The number of benzene rings is 4. The van der Waals surface area contributed by atoms with Crippen LogP contribution in [0, 0.1) is 0 Å². The molecule has 0 fully saturated rings. The highest BCUT2D eigenvalue weighted by Crippen LogP contribution is 2.42. The highest BCUT2D eigenvalue weighted by Gasteiger charge is 2.23. The first-order chi connectivity index (χ1) is 20.4. The van der Waals surface area contributed by atoms with Gasteiger partial charge < -0.3 is 4.57 Å². The molecule has 4 heterocycles. The summed E-state index contributed by atoms with van der Waals surface area (Å²) in [5.41, 5.74) is 7.21. The summed E-state index contributed by atoms with van der Waals surface area (Å²) in [7, 11) is 0. The van der Waals surface area contributed by atoms with Crippen LogP contribution in [0.5, 0.6) is 0 Å². The lowest BCUT2D eigenvalue weighted by atomic mass is 10.1. The zero-order chi connectivity index (χ0) is 26.9. The van der Waals surface area contributed by atoms with Crippen molar-refractivity contribution >= 4 is 54.8 Å². The van der Waals surface area contributed by atoms with Crippen molar-refractivity contribution in [3.8, 4) is 11.6 Å². The minimum Gasteiger partial charge on any atom is -0.333 e. The molecule has 0 saturated heterocycles. The summed E-state index contributed by atoms with van der Waals surface area (Å²) in [4.78, 5) is 14.7. The van der Waals surface area contributed by atoms with Crippen molar-refractivity contribution in [1.29, 1.82) is 0 Å². The molecule has 41 heavy (non-hydrogen) atoms. The SMILES string of the molecule is C1=CCC(n2c3ccccc3c3c4c(ccc32)c2ccccc2n4-c2ncc3c(ncn3-c3ccccc3)n2)C=C1. The van der Waals surface area contributed by atoms with Crippen LogP contribution in [0.3, 0.4) is 0 Å². The van der Waals surface area contributed by atoms with Crippen molar-refractivity contribution in [2.75, 3.05) is 0 Å². The lowest BCUT2D eigenvalue weighted by Crippen LogP contribution is -2.06. The fourth-order valence-electron chi connectivity index (χ4n) is 6.56. The van der Waals surface area contributed by atoms with Gasteiger partial charge in [0.1, 0.15) is 11.8 Å². The minimum atomic E-state index is 0.257. The predicted molar refractivity (Wildman–Crippen MR) is 166 cm³/mol. The van der Waals surface area contributed by atoms with Crippen LogP contribution in [-0.2, 0) is 0 Å². The zero-order valence-corrected chi connectivity index (χ0v) is 22.1. The van der Waals surface area contributed by atoms with Gasteiger partial charge in [0.25, 0.3) is 0 Å². The fourth-order valence-corrected chi connectivity index (χ4v) is 6.56. The van der Waals surface area contributed by atoms with E-state index in [-0.39, 0.29) is 6.04 Å². The van der Waals surface area contributed by atoms with E-state index in [1.165, 1.54) is 32.6 Å². The number of rotatable bonds is 3. The standard InChI is InChI=1S/C35H24N6/c1-3-11-23(12-4-1)39-22-37-34-31(39)21-36-35(38-34)41-28-17-9-7-15-25(28)26-19-20-30-32(33(26)41)27-16-8-10-18-29(27)40(30)24-13-5-2-6-14-24/h1-13,15-22,24H,14H2. The summed E-state index contributed by atoms with van der Waals surface area (Å²) in [6.07, 6.45) is 13.5. The van der Waals surface area contributed by atoms with Gasteiger partial charge in [-0.15, -0.1) is 0 Å². The number of fused-ring (bicyclic) bond motifs is 8. The molecule has 1 atom stereocenters. The second kappa shape index (κ2) is 8.50. The molecule has 0 radical (unpaired) electrons. The molecule has 6 nitrogen and oxygen atoms in total. The van der Waals surface area contributed by atoms with Crippen molar-refractivity contribution in [3.05, 3.63) is 128 Å². The molecule has 0 spiro atoms. The lowest BCUT2D eigenvalue weighted by molar-refractivity contribution is 0.648. The van der Waals surface area contributed by atoms with Crippen LogP contribution in [0.2, 0.25) is 0 Å². The number of imidazole rings is 1. The number of hydrogen-bond acceptors (Lipinski definition) is 3. The van der Waals surface area contributed by atoms with E-state index in [9.17, 15) is 0 Å². The molecule has 1 aliphatic rings. The minimum absolute atomic E-state index is 0.257. The molecule has 4 aromatic heterocycles. The van der Waals surface area contributed by atoms with Crippen LogP contribution >= 0.6 is 0 Å². The summed E-state index contributed by atoms with van der Waals surface area (Å²) in [5.74, 6) is 0.617. The maximum Gasteiger partial charge on any atom is 0.236 e. The summed E-state index contributed by atoms with van der Waals surface area (Å²) >= 11 is 0. The summed E-state index contributed by atoms with van der Waals surface area (Å²) < 4.78 is 6.74. The molecular formula is C35H24N6. The monoisotopic (exact) mass is 528 g/mol. The Bertz CT molecular complexity index is 2350.